The zero-order valence-electron chi connectivity index (χ0n) is 26.5. The Labute approximate surface area is 242 Å². The van der Waals surface area contributed by atoms with Gasteiger partial charge in [-0.3, -0.25) is 0 Å². The van der Waals surface area contributed by atoms with Crippen LogP contribution in [0.15, 0.2) is 11.1 Å². The Hall–Kier alpha value is -0.260. The molecule has 0 atom stereocenters. The van der Waals surface area contributed by atoms with Crippen LogP contribution in [0.25, 0.3) is 0 Å². The summed E-state index contributed by atoms with van der Waals surface area (Å²) in [6.45, 7) is 0. The number of hydrogen-bond donors (Lipinski definition) is 0. The van der Waals surface area contributed by atoms with Crippen LogP contribution in [-0.2, 0) is 0 Å². The smallest absolute Gasteiger partial charge is 0.0318 e. The molecule has 38 heavy (non-hydrogen) atoms. The molecule has 2 aliphatic carbocycles. The molecule has 0 aromatic rings. The predicted molar refractivity (Wildman–Crippen MR) is 173 cm³/mol. The monoisotopic (exact) mass is 529 g/mol. The molecule has 0 nitrogen and oxygen atoms in total. The Kier molecular flexibility index (Phi) is 24.1. The summed E-state index contributed by atoms with van der Waals surface area (Å²) in [6, 6.07) is 0. The van der Waals surface area contributed by atoms with E-state index in [-0.39, 0.29) is 0 Å². The van der Waals surface area contributed by atoms with Crippen LogP contribution < -0.4 is 0 Å². The Balaban J connectivity index is 1.78. The van der Waals surface area contributed by atoms with Crippen molar-refractivity contribution in [3.63, 3.8) is 0 Å². The lowest BCUT2D eigenvalue weighted by Crippen LogP contribution is -1.98. The first kappa shape index (κ1) is 33.9. The Morgan fingerprint density at radius 1 is 0.132 bits per heavy atom. The van der Waals surface area contributed by atoms with Gasteiger partial charge in [0.05, 0.1) is 0 Å². The van der Waals surface area contributed by atoms with Gasteiger partial charge in [0.1, 0.15) is 0 Å². The standard InChI is InChI=1S/C38H72/c1-2-4-6-8-10-12-14-16-18-22-26-30-34-38-36-32-28-24-20-19-23-27-31-35-37(38)33-29-25-21-17-15-13-11-9-7-5-3-1/h1-36H2/b38-37-. The van der Waals surface area contributed by atoms with Crippen molar-refractivity contribution in [2.75, 3.05) is 0 Å². The van der Waals surface area contributed by atoms with Gasteiger partial charge in [-0.2, -0.15) is 0 Å². The lowest BCUT2D eigenvalue weighted by molar-refractivity contribution is 0.512. The molecule has 2 aliphatic rings. The minimum Gasteiger partial charge on any atom is -0.0710 e. The molecule has 0 heterocycles. The first-order chi connectivity index (χ1) is 19.0. The average molecular weight is 529 g/mol. The summed E-state index contributed by atoms with van der Waals surface area (Å²) in [5.74, 6) is 0. The molecule has 0 aliphatic heterocycles. The van der Waals surface area contributed by atoms with Gasteiger partial charge in [0.2, 0.25) is 0 Å². The van der Waals surface area contributed by atoms with Crippen molar-refractivity contribution in [1.82, 2.24) is 0 Å². The minimum absolute atomic E-state index is 1.44. The lowest BCUT2D eigenvalue weighted by atomic mass is 9.89. The zero-order chi connectivity index (χ0) is 26.6. The van der Waals surface area contributed by atoms with Crippen molar-refractivity contribution in [2.24, 2.45) is 0 Å². The Bertz CT molecular complexity index is 468. The van der Waals surface area contributed by atoms with Gasteiger partial charge in [0.25, 0.3) is 0 Å². The highest BCUT2D eigenvalue weighted by atomic mass is 14.2. The molecule has 0 unspecified atom stereocenters. The maximum Gasteiger partial charge on any atom is -0.0318 e. The van der Waals surface area contributed by atoms with E-state index < -0.39 is 0 Å². The first-order valence-corrected chi connectivity index (χ1v) is 18.7. The summed E-state index contributed by atoms with van der Waals surface area (Å²) in [5, 5.41) is 0. The highest BCUT2D eigenvalue weighted by Crippen LogP contribution is 2.29. The van der Waals surface area contributed by atoms with Gasteiger partial charge in [0.15, 0.2) is 0 Å². The molecule has 0 heteroatoms. The fourth-order valence-electron chi connectivity index (χ4n) is 7.26. The van der Waals surface area contributed by atoms with Crippen LogP contribution >= 0.6 is 0 Å². The van der Waals surface area contributed by atoms with Crippen LogP contribution in [-0.4, -0.2) is 0 Å². The van der Waals surface area contributed by atoms with Gasteiger partial charge in [-0.1, -0.05) is 191 Å². The maximum absolute atomic E-state index is 1.94. The van der Waals surface area contributed by atoms with E-state index in [0.29, 0.717) is 0 Å². The van der Waals surface area contributed by atoms with Crippen LogP contribution in [0.3, 0.4) is 0 Å². The van der Waals surface area contributed by atoms with Crippen LogP contribution in [0, 0.1) is 0 Å². The van der Waals surface area contributed by atoms with Gasteiger partial charge < -0.3 is 0 Å². The second-order valence-corrected chi connectivity index (χ2v) is 13.5. The normalized spacial score (nSPS) is 26.5. The quantitative estimate of drug-likeness (QED) is 0.274. The average Bonchev–Trinajstić information content (AvgIpc) is 2.92. The molecule has 0 N–H and O–H groups in total. The summed E-state index contributed by atoms with van der Waals surface area (Å²) in [6.07, 6.45) is 53.4. The molecule has 2 rings (SSSR count). The summed E-state index contributed by atoms with van der Waals surface area (Å²) in [5.41, 5.74) is 3.89. The van der Waals surface area contributed by atoms with E-state index in [9.17, 15) is 0 Å². The number of hydrogen-bond acceptors (Lipinski definition) is 0. The fraction of sp³-hybridized carbons (Fsp3) is 0.947. The molecule has 224 valence electrons. The zero-order valence-corrected chi connectivity index (χ0v) is 26.5. The largest absolute Gasteiger partial charge is 0.0710 e. The maximum atomic E-state index is 1.94. The second kappa shape index (κ2) is 26.9. The molecule has 0 aromatic carbocycles. The summed E-state index contributed by atoms with van der Waals surface area (Å²) < 4.78 is 0. The van der Waals surface area contributed by atoms with Crippen molar-refractivity contribution in [3.8, 4) is 0 Å². The molecule has 0 saturated heterocycles. The van der Waals surface area contributed by atoms with Gasteiger partial charge >= 0.3 is 0 Å². The Morgan fingerprint density at radius 3 is 0.368 bits per heavy atom. The molecule has 0 amide bonds. The van der Waals surface area contributed by atoms with E-state index in [1.165, 1.54) is 231 Å². The third-order valence-corrected chi connectivity index (χ3v) is 9.91. The van der Waals surface area contributed by atoms with Crippen molar-refractivity contribution < 1.29 is 0 Å². The topological polar surface area (TPSA) is 0 Å². The van der Waals surface area contributed by atoms with Gasteiger partial charge in [-0.15, -0.1) is 0 Å². The van der Waals surface area contributed by atoms with E-state index >= 15 is 0 Å². The molecule has 0 spiro atoms. The molecular formula is C38H72. The molecule has 0 aromatic heterocycles. The van der Waals surface area contributed by atoms with Crippen LogP contribution in [0.1, 0.15) is 231 Å². The Morgan fingerprint density at radius 2 is 0.237 bits per heavy atom. The van der Waals surface area contributed by atoms with Crippen LogP contribution in [0.2, 0.25) is 0 Å². The van der Waals surface area contributed by atoms with Crippen molar-refractivity contribution in [2.45, 2.75) is 231 Å². The first-order valence-electron chi connectivity index (χ1n) is 18.7. The van der Waals surface area contributed by atoms with E-state index in [0.717, 1.165) is 0 Å². The summed E-state index contributed by atoms with van der Waals surface area (Å²) >= 11 is 0. The lowest BCUT2D eigenvalue weighted by Gasteiger charge is -2.18. The highest BCUT2D eigenvalue weighted by Gasteiger charge is 2.09. The molecule has 0 radical (unpaired) electrons. The highest BCUT2D eigenvalue weighted by molar-refractivity contribution is 5.15. The third-order valence-electron chi connectivity index (χ3n) is 9.91. The van der Waals surface area contributed by atoms with Crippen molar-refractivity contribution in [3.05, 3.63) is 11.1 Å². The van der Waals surface area contributed by atoms with Crippen molar-refractivity contribution >= 4 is 0 Å². The van der Waals surface area contributed by atoms with E-state index in [4.69, 9.17) is 0 Å². The van der Waals surface area contributed by atoms with Crippen LogP contribution in [0.4, 0.5) is 0 Å². The molecule has 0 saturated carbocycles. The third kappa shape index (κ3) is 20.6. The summed E-state index contributed by atoms with van der Waals surface area (Å²) in [7, 11) is 0. The number of allylic oxidation sites excluding steroid dienone is 2. The minimum atomic E-state index is 1.44. The van der Waals surface area contributed by atoms with E-state index in [1.54, 1.807) is 0 Å². The summed E-state index contributed by atoms with van der Waals surface area (Å²) in [4.78, 5) is 0. The van der Waals surface area contributed by atoms with E-state index in [2.05, 4.69) is 0 Å². The molecular weight excluding hydrogens is 456 g/mol. The molecule has 0 bridgehead atoms. The van der Waals surface area contributed by atoms with Crippen molar-refractivity contribution in [1.29, 1.82) is 0 Å². The molecule has 0 fully saturated rings. The SMILES string of the molecule is C1CCCCCCCCCCCCC/C2=C(\CCCCCCCCCCCC1)CCCCCCCCCC2. The van der Waals surface area contributed by atoms with Gasteiger partial charge in [-0.05, 0) is 51.4 Å². The van der Waals surface area contributed by atoms with Crippen LogP contribution in [0.5, 0.6) is 0 Å². The van der Waals surface area contributed by atoms with Gasteiger partial charge in [-0.25, -0.2) is 0 Å². The number of rotatable bonds is 0. The fourth-order valence-corrected chi connectivity index (χ4v) is 7.26. The predicted octanol–water partition coefficient (Wildman–Crippen LogP) is 14.4. The second-order valence-electron chi connectivity index (χ2n) is 13.5. The van der Waals surface area contributed by atoms with E-state index in [1.807, 2.05) is 11.1 Å². The van der Waals surface area contributed by atoms with Gasteiger partial charge in [0, 0.05) is 0 Å².